The summed E-state index contributed by atoms with van der Waals surface area (Å²) in [4.78, 5) is 0. The summed E-state index contributed by atoms with van der Waals surface area (Å²) in [5, 5.41) is 0. The van der Waals surface area contributed by atoms with Gasteiger partial charge in [0.2, 0.25) is 0 Å². The molecule has 1 heterocycles. The van der Waals surface area contributed by atoms with E-state index in [0.29, 0.717) is 6.10 Å². The Morgan fingerprint density at radius 1 is 0.941 bits per heavy atom. The molecule has 0 radical (unpaired) electrons. The molecule has 0 aromatic rings. The highest BCUT2D eigenvalue weighted by Crippen LogP contribution is 2.50. The van der Waals surface area contributed by atoms with Crippen LogP contribution in [0.15, 0.2) is 0 Å². The summed E-state index contributed by atoms with van der Waals surface area (Å²) in [5.41, 5.74) is 0. The van der Waals surface area contributed by atoms with Gasteiger partial charge in [0.1, 0.15) is 0 Å². The first-order valence-electron chi connectivity index (χ1n) is 8.05. The lowest BCUT2D eigenvalue weighted by Crippen LogP contribution is -2.05. The Bertz CT molecular complexity index is 190. The van der Waals surface area contributed by atoms with Gasteiger partial charge in [-0.25, -0.2) is 0 Å². The van der Waals surface area contributed by atoms with E-state index in [2.05, 4.69) is 6.92 Å². The van der Waals surface area contributed by atoms with Gasteiger partial charge in [-0.15, -0.1) is 0 Å². The maximum absolute atomic E-state index is 5.79. The Labute approximate surface area is 107 Å². The topological polar surface area (TPSA) is 9.23 Å². The lowest BCUT2D eigenvalue weighted by Gasteiger charge is -2.07. The molecule has 2 rings (SSSR count). The third-order valence-corrected chi connectivity index (χ3v) is 4.64. The average Bonchev–Trinajstić information content (AvgIpc) is 3.06. The Hall–Kier alpha value is -0.0400. The van der Waals surface area contributed by atoms with Crippen LogP contribution in [-0.4, -0.2) is 12.7 Å². The fourth-order valence-electron chi connectivity index (χ4n) is 3.47. The molecule has 1 nitrogen and oxygen atoms in total. The fourth-order valence-corrected chi connectivity index (χ4v) is 3.47. The van der Waals surface area contributed by atoms with Gasteiger partial charge in [0.25, 0.3) is 0 Å². The third-order valence-electron chi connectivity index (χ3n) is 4.64. The molecule has 1 heteroatoms. The van der Waals surface area contributed by atoms with Crippen LogP contribution in [0.25, 0.3) is 0 Å². The molecule has 0 N–H and O–H groups in total. The first kappa shape index (κ1) is 13.4. The van der Waals surface area contributed by atoms with Gasteiger partial charge in [0, 0.05) is 6.61 Å². The third kappa shape index (κ3) is 4.28. The van der Waals surface area contributed by atoms with E-state index in [-0.39, 0.29) is 0 Å². The SMILES string of the molecule is CCCCCCCCCC[C@@H]1[C@@H]2CCCO[C@H]12. The largest absolute Gasteiger partial charge is 0.378 e. The molecule has 0 spiro atoms. The minimum Gasteiger partial charge on any atom is -0.378 e. The molecule has 1 saturated carbocycles. The number of rotatable bonds is 9. The lowest BCUT2D eigenvalue weighted by molar-refractivity contribution is 0.0748. The van der Waals surface area contributed by atoms with Gasteiger partial charge in [0.05, 0.1) is 6.10 Å². The smallest absolute Gasteiger partial charge is 0.0638 e. The monoisotopic (exact) mass is 238 g/mol. The molecule has 2 fully saturated rings. The molecule has 0 unspecified atom stereocenters. The van der Waals surface area contributed by atoms with E-state index in [1.807, 2.05) is 0 Å². The number of unbranched alkanes of at least 4 members (excludes halogenated alkanes) is 7. The van der Waals surface area contributed by atoms with Crippen LogP contribution >= 0.6 is 0 Å². The van der Waals surface area contributed by atoms with E-state index >= 15 is 0 Å². The molecule has 0 aromatic carbocycles. The van der Waals surface area contributed by atoms with Crippen molar-refractivity contribution >= 4 is 0 Å². The summed E-state index contributed by atoms with van der Waals surface area (Å²) >= 11 is 0. The molecule has 0 aromatic heterocycles. The molecule has 0 amide bonds. The zero-order chi connectivity index (χ0) is 11.9. The molecule has 1 saturated heterocycles. The van der Waals surface area contributed by atoms with Crippen LogP contribution in [-0.2, 0) is 4.74 Å². The van der Waals surface area contributed by atoms with E-state index < -0.39 is 0 Å². The number of fused-ring (bicyclic) bond motifs is 1. The summed E-state index contributed by atoms with van der Waals surface area (Å²) < 4.78 is 5.79. The van der Waals surface area contributed by atoms with Crippen LogP contribution in [0.2, 0.25) is 0 Å². The maximum atomic E-state index is 5.79. The molecular weight excluding hydrogens is 208 g/mol. The Morgan fingerprint density at radius 2 is 1.65 bits per heavy atom. The van der Waals surface area contributed by atoms with Crippen LogP contribution < -0.4 is 0 Å². The predicted octanol–water partition coefficient (Wildman–Crippen LogP) is 4.94. The minimum absolute atomic E-state index is 0.688. The molecule has 2 aliphatic rings. The first-order chi connectivity index (χ1) is 8.43. The molecule has 100 valence electrons. The molecule has 17 heavy (non-hydrogen) atoms. The van der Waals surface area contributed by atoms with Crippen molar-refractivity contribution in [3.63, 3.8) is 0 Å². The highest BCUT2D eigenvalue weighted by molar-refractivity contribution is 5.00. The van der Waals surface area contributed by atoms with Gasteiger partial charge in [-0.05, 0) is 31.1 Å². The predicted molar refractivity (Wildman–Crippen MR) is 73.2 cm³/mol. The van der Waals surface area contributed by atoms with E-state index in [9.17, 15) is 0 Å². The van der Waals surface area contributed by atoms with Gasteiger partial charge in [-0.2, -0.15) is 0 Å². The summed E-state index contributed by atoms with van der Waals surface area (Å²) in [6.07, 6.45) is 16.5. The first-order valence-corrected chi connectivity index (χ1v) is 8.05. The number of hydrogen-bond acceptors (Lipinski definition) is 1. The standard InChI is InChI=1S/C16H30O/c1-2-3-4-5-6-7-8-9-11-14-15-12-10-13-17-16(14)15/h14-16H,2-13H2,1H3/t14-,15+,16-/m1/s1. The Kier molecular flexibility index (Phi) is 5.84. The second-order valence-electron chi connectivity index (χ2n) is 6.07. The lowest BCUT2D eigenvalue weighted by atomic mass is 10.0. The van der Waals surface area contributed by atoms with Crippen molar-refractivity contribution in [2.75, 3.05) is 6.61 Å². The summed E-state index contributed by atoms with van der Waals surface area (Å²) in [6.45, 7) is 3.33. The fraction of sp³-hybridized carbons (Fsp3) is 1.00. The van der Waals surface area contributed by atoms with Crippen molar-refractivity contribution in [3.8, 4) is 0 Å². The van der Waals surface area contributed by atoms with Crippen molar-refractivity contribution in [1.82, 2.24) is 0 Å². The van der Waals surface area contributed by atoms with Gasteiger partial charge >= 0.3 is 0 Å². The van der Waals surface area contributed by atoms with Crippen molar-refractivity contribution in [1.29, 1.82) is 0 Å². The van der Waals surface area contributed by atoms with E-state index in [1.54, 1.807) is 0 Å². The Morgan fingerprint density at radius 3 is 2.29 bits per heavy atom. The van der Waals surface area contributed by atoms with Crippen LogP contribution in [0.3, 0.4) is 0 Å². The van der Waals surface area contributed by atoms with Gasteiger partial charge in [-0.1, -0.05) is 58.3 Å². The molecule has 3 atom stereocenters. The second-order valence-corrected chi connectivity index (χ2v) is 6.07. The van der Waals surface area contributed by atoms with Crippen LogP contribution in [0.1, 0.15) is 77.6 Å². The van der Waals surface area contributed by atoms with Crippen LogP contribution in [0.4, 0.5) is 0 Å². The van der Waals surface area contributed by atoms with Crippen molar-refractivity contribution < 1.29 is 4.74 Å². The van der Waals surface area contributed by atoms with Gasteiger partial charge in [0.15, 0.2) is 0 Å². The second kappa shape index (κ2) is 7.41. The number of hydrogen-bond donors (Lipinski definition) is 0. The summed E-state index contributed by atoms with van der Waals surface area (Å²) in [6, 6.07) is 0. The molecular formula is C16H30O. The Balaban J connectivity index is 1.37. The zero-order valence-corrected chi connectivity index (χ0v) is 11.6. The van der Waals surface area contributed by atoms with Crippen molar-refractivity contribution in [3.05, 3.63) is 0 Å². The molecule has 1 aliphatic heterocycles. The van der Waals surface area contributed by atoms with Crippen molar-refractivity contribution in [2.24, 2.45) is 11.8 Å². The average molecular weight is 238 g/mol. The van der Waals surface area contributed by atoms with Crippen molar-refractivity contribution in [2.45, 2.75) is 83.7 Å². The van der Waals surface area contributed by atoms with Crippen LogP contribution in [0.5, 0.6) is 0 Å². The van der Waals surface area contributed by atoms with E-state index in [1.165, 1.54) is 70.6 Å². The summed E-state index contributed by atoms with van der Waals surface area (Å²) in [5.74, 6) is 1.92. The quantitative estimate of drug-likeness (QED) is 0.517. The van der Waals surface area contributed by atoms with E-state index in [4.69, 9.17) is 4.74 Å². The summed E-state index contributed by atoms with van der Waals surface area (Å²) in [7, 11) is 0. The normalized spacial score (nSPS) is 31.2. The highest BCUT2D eigenvalue weighted by atomic mass is 16.5. The molecule has 0 bridgehead atoms. The number of ether oxygens (including phenoxy) is 1. The van der Waals surface area contributed by atoms with E-state index in [0.717, 1.165) is 18.4 Å². The highest BCUT2D eigenvalue weighted by Gasteiger charge is 2.51. The van der Waals surface area contributed by atoms with Gasteiger partial charge < -0.3 is 4.74 Å². The molecule has 1 aliphatic carbocycles. The minimum atomic E-state index is 0.688. The maximum Gasteiger partial charge on any atom is 0.0638 e. The van der Waals surface area contributed by atoms with Gasteiger partial charge in [-0.3, -0.25) is 0 Å². The zero-order valence-electron chi connectivity index (χ0n) is 11.6. The van der Waals surface area contributed by atoms with Crippen LogP contribution in [0, 0.1) is 11.8 Å².